The second-order valence-electron chi connectivity index (χ2n) is 13.6. The first-order valence-electron chi connectivity index (χ1n) is 15.9. The summed E-state index contributed by atoms with van der Waals surface area (Å²) in [6.45, 7) is 11.7. The second-order valence-corrected chi connectivity index (χ2v) is 13.6. The number of nitrogens with two attached hydrogens (primary N) is 3. The Hall–Kier alpha value is -0.280. The Kier molecular flexibility index (Phi) is 11.0. The molecule has 0 aliphatic heterocycles. The number of aliphatic hydroxyl groups is 1. The summed E-state index contributed by atoms with van der Waals surface area (Å²) >= 11 is 0. The average Bonchev–Trinajstić information content (AvgIpc) is 3.27. The largest absolute Gasteiger partial charge is 0.396 e. The first-order valence-corrected chi connectivity index (χ1v) is 15.9. The minimum atomic E-state index is 0.116. The van der Waals surface area contributed by atoms with Crippen molar-refractivity contribution in [2.24, 2.45) is 63.5 Å². The fourth-order valence-electron chi connectivity index (χ4n) is 10.0. The first kappa shape index (κ1) is 30.7. The van der Waals surface area contributed by atoms with Gasteiger partial charge >= 0.3 is 0 Å². The van der Waals surface area contributed by atoms with Crippen molar-refractivity contribution in [2.45, 2.75) is 103 Å². The molecule has 4 aliphatic carbocycles. The topological polar surface area (TPSA) is 126 Å². The van der Waals surface area contributed by atoms with Gasteiger partial charge in [0.2, 0.25) is 0 Å². The summed E-state index contributed by atoms with van der Waals surface area (Å²) in [5.74, 6) is 3.54. The zero-order valence-electron chi connectivity index (χ0n) is 24.6. The highest BCUT2D eigenvalue weighted by atomic mass is 16.5. The van der Waals surface area contributed by atoms with Crippen molar-refractivity contribution >= 4 is 0 Å². The zero-order chi connectivity index (χ0) is 27.3. The summed E-state index contributed by atoms with van der Waals surface area (Å²) in [4.78, 5) is 0. The summed E-state index contributed by atoms with van der Waals surface area (Å²) in [7, 11) is 0. The van der Waals surface area contributed by atoms with Crippen molar-refractivity contribution in [1.29, 1.82) is 0 Å². The Morgan fingerprint density at radius 1 is 0.842 bits per heavy atom. The van der Waals surface area contributed by atoms with E-state index in [9.17, 15) is 5.11 Å². The molecule has 7 nitrogen and oxygen atoms in total. The maximum atomic E-state index is 9.54. The molecule has 4 saturated carbocycles. The molecule has 38 heavy (non-hydrogen) atoms. The second kappa shape index (κ2) is 13.6. The van der Waals surface area contributed by atoms with Crippen LogP contribution in [0.5, 0.6) is 0 Å². The lowest BCUT2D eigenvalue weighted by Gasteiger charge is -2.65. The van der Waals surface area contributed by atoms with Crippen molar-refractivity contribution < 1.29 is 19.3 Å². The first-order chi connectivity index (χ1) is 18.3. The highest BCUT2D eigenvalue weighted by molar-refractivity contribution is 5.15. The molecule has 0 spiro atoms. The van der Waals surface area contributed by atoms with E-state index in [0.717, 1.165) is 51.6 Å². The number of aliphatic hydroxyl groups excluding tert-OH is 1. The van der Waals surface area contributed by atoms with E-state index in [4.69, 9.17) is 31.4 Å². The fraction of sp³-hybridized carbons (Fsp3) is 1.00. The summed E-state index contributed by atoms with van der Waals surface area (Å²) in [6, 6.07) is 0. The average molecular weight is 538 g/mol. The molecule has 7 heteroatoms. The summed E-state index contributed by atoms with van der Waals surface area (Å²) < 4.78 is 19.7. The van der Waals surface area contributed by atoms with Gasteiger partial charge in [-0.15, -0.1) is 0 Å². The minimum Gasteiger partial charge on any atom is -0.396 e. The zero-order valence-corrected chi connectivity index (χ0v) is 24.6. The van der Waals surface area contributed by atoms with Crippen LogP contribution in [0.25, 0.3) is 0 Å². The third-order valence-electron chi connectivity index (χ3n) is 11.8. The van der Waals surface area contributed by atoms with Crippen LogP contribution in [0.3, 0.4) is 0 Å². The molecule has 0 radical (unpaired) electrons. The Labute approximate surface area is 232 Å². The van der Waals surface area contributed by atoms with E-state index in [0.29, 0.717) is 74.5 Å². The number of fused-ring (bicyclic) bond motifs is 5. The molecule has 4 rings (SSSR count). The maximum absolute atomic E-state index is 9.54. The van der Waals surface area contributed by atoms with E-state index < -0.39 is 0 Å². The third kappa shape index (κ3) is 5.86. The maximum Gasteiger partial charge on any atom is 0.0637 e. The monoisotopic (exact) mass is 537 g/mol. The summed E-state index contributed by atoms with van der Waals surface area (Å²) in [6.07, 6.45) is 11.9. The van der Waals surface area contributed by atoms with E-state index in [1.807, 2.05) is 0 Å². The molecule has 0 aromatic carbocycles. The number of hydrogen-bond donors (Lipinski definition) is 4. The Morgan fingerprint density at radius 2 is 1.61 bits per heavy atom. The van der Waals surface area contributed by atoms with Gasteiger partial charge in [0.1, 0.15) is 0 Å². The Morgan fingerprint density at radius 3 is 2.32 bits per heavy atom. The molecule has 0 heterocycles. The smallest absolute Gasteiger partial charge is 0.0637 e. The van der Waals surface area contributed by atoms with Gasteiger partial charge in [0.05, 0.1) is 31.5 Å². The minimum absolute atomic E-state index is 0.116. The molecule has 4 fully saturated rings. The molecular formula is C31H59N3O4. The van der Waals surface area contributed by atoms with Crippen LogP contribution < -0.4 is 17.2 Å². The lowest BCUT2D eigenvalue weighted by atomic mass is 9.43. The summed E-state index contributed by atoms with van der Waals surface area (Å²) in [5.41, 5.74) is 18.0. The SMILES string of the molecule is C[C@H](CCCO)[C@H]1CC[C@H]2C3[C@H](OCCCN)CC4C[C@H](OCCN)CC[C@]4(C)[C@H]3C[C@H](OCCN)[C@]12C. The predicted molar refractivity (Wildman–Crippen MR) is 152 cm³/mol. The highest BCUT2D eigenvalue weighted by Gasteiger charge is 2.66. The highest BCUT2D eigenvalue weighted by Crippen LogP contribution is 2.69. The van der Waals surface area contributed by atoms with E-state index >= 15 is 0 Å². The molecule has 0 bridgehead atoms. The van der Waals surface area contributed by atoms with Crippen molar-refractivity contribution in [3.8, 4) is 0 Å². The van der Waals surface area contributed by atoms with Crippen LogP contribution in [-0.4, -0.2) is 69.5 Å². The van der Waals surface area contributed by atoms with Gasteiger partial charge in [-0.05, 0) is 112 Å². The standard InChI is InChI=1S/C31H59N3O4/c1-21(6-4-14-35)24-7-8-25-29-26(20-28(31(24,25)3)38-17-13-34)30(2)10-9-23(36-16-12-33)18-22(30)19-27(29)37-15-5-11-32/h21-29,35H,4-20,32-34H2,1-3H3/t21-,22?,23-,24-,25+,26+,27-,28+,29?,30+,31-/m1/s1. The molecule has 0 aromatic heterocycles. The van der Waals surface area contributed by atoms with Crippen LogP contribution >= 0.6 is 0 Å². The lowest BCUT2D eigenvalue weighted by Crippen LogP contribution is -2.63. The van der Waals surface area contributed by atoms with Crippen LogP contribution in [0, 0.1) is 46.3 Å². The van der Waals surface area contributed by atoms with E-state index in [-0.39, 0.29) is 29.6 Å². The van der Waals surface area contributed by atoms with Gasteiger partial charge in [-0.3, -0.25) is 0 Å². The van der Waals surface area contributed by atoms with Gasteiger partial charge < -0.3 is 36.5 Å². The molecule has 2 unspecified atom stereocenters. The van der Waals surface area contributed by atoms with Crippen molar-refractivity contribution in [2.75, 3.05) is 46.1 Å². The molecule has 4 aliphatic rings. The van der Waals surface area contributed by atoms with Crippen LogP contribution in [0.2, 0.25) is 0 Å². The van der Waals surface area contributed by atoms with Gasteiger partial charge in [-0.1, -0.05) is 20.8 Å². The molecule has 222 valence electrons. The fourth-order valence-corrected chi connectivity index (χ4v) is 10.0. The van der Waals surface area contributed by atoms with Gasteiger partial charge in [0.25, 0.3) is 0 Å². The summed E-state index contributed by atoms with van der Waals surface area (Å²) in [5, 5.41) is 9.54. The van der Waals surface area contributed by atoms with E-state index in [2.05, 4.69) is 20.8 Å². The normalized spacial score (nSPS) is 43.3. The van der Waals surface area contributed by atoms with Crippen LogP contribution in [-0.2, 0) is 14.2 Å². The number of ether oxygens (including phenoxy) is 3. The van der Waals surface area contributed by atoms with Crippen LogP contribution in [0.1, 0.15) is 85.0 Å². The third-order valence-corrected chi connectivity index (χ3v) is 11.8. The lowest BCUT2D eigenvalue weighted by molar-refractivity contribution is -0.227. The number of hydrogen-bond acceptors (Lipinski definition) is 7. The van der Waals surface area contributed by atoms with Crippen molar-refractivity contribution in [3.05, 3.63) is 0 Å². The molecule has 0 saturated heterocycles. The molecular weight excluding hydrogens is 478 g/mol. The molecule has 11 atom stereocenters. The Balaban J connectivity index is 1.66. The van der Waals surface area contributed by atoms with E-state index in [1.54, 1.807) is 0 Å². The van der Waals surface area contributed by atoms with Gasteiger partial charge in [0.15, 0.2) is 0 Å². The van der Waals surface area contributed by atoms with Gasteiger partial charge in [0, 0.05) is 31.7 Å². The predicted octanol–water partition coefficient (Wildman–Crippen LogP) is 3.70. The Bertz CT molecular complexity index is 727. The van der Waals surface area contributed by atoms with Crippen molar-refractivity contribution in [1.82, 2.24) is 0 Å². The number of rotatable bonds is 14. The van der Waals surface area contributed by atoms with E-state index in [1.165, 1.54) is 19.3 Å². The van der Waals surface area contributed by atoms with Crippen LogP contribution in [0.4, 0.5) is 0 Å². The van der Waals surface area contributed by atoms with Crippen LogP contribution in [0.15, 0.2) is 0 Å². The quantitative estimate of drug-likeness (QED) is 0.249. The van der Waals surface area contributed by atoms with Crippen molar-refractivity contribution in [3.63, 3.8) is 0 Å². The molecule has 0 aromatic rings. The molecule has 7 N–H and O–H groups in total. The van der Waals surface area contributed by atoms with Gasteiger partial charge in [-0.2, -0.15) is 0 Å². The molecule has 0 amide bonds. The van der Waals surface area contributed by atoms with Gasteiger partial charge in [-0.25, -0.2) is 0 Å².